The van der Waals surface area contributed by atoms with Crippen molar-refractivity contribution in [1.29, 1.82) is 0 Å². The smallest absolute Gasteiger partial charge is 0.197 e. The van der Waals surface area contributed by atoms with E-state index in [1.165, 1.54) is 5.56 Å². The number of para-hydroxylation sites is 1. The standard InChI is InChI=1S/C18H19O2/c1-5-20-16-9-7-6-8-15(16)18(19)17-13(3)10-12(2)11-14(17)4/h6-8,10-11H,5H2,1-4H3. The third kappa shape index (κ3) is 2.74. The van der Waals surface area contributed by atoms with E-state index in [1.54, 1.807) is 12.1 Å². The molecule has 0 bridgehead atoms. The van der Waals surface area contributed by atoms with Gasteiger partial charge in [-0.25, -0.2) is 0 Å². The number of carbonyl (C=O) groups excluding carboxylic acids is 1. The number of hydrogen-bond donors (Lipinski definition) is 0. The molecule has 2 aromatic carbocycles. The summed E-state index contributed by atoms with van der Waals surface area (Å²) in [4.78, 5) is 12.8. The van der Waals surface area contributed by atoms with Gasteiger partial charge in [0.2, 0.25) is 0 Å². The van der Waals surface area contributed by atoms with Crippen LogP contribution in [-0.2, 0) is 0 Å². The van der Waals surface area contributed by atoms with E-state index in [2.05, 4.69) is 6.07 Å². The predicted octanol–water partition coefficient (Wildman–Crippen LogP) is 4.04. The molecule has 0 unspecified atom stereocenters. The Morgan fingerprint density at radius 2 is 1.85 bits per heavy atom. The first-order valence-electron chi connectivity index (χ1n) is 6.80. The van der Waals surface area contributed by atoms with Crippen LogP contribution < -0.4 is 4.74 Å². The number of aryl methyl sites for hydroxylation is 3. The second-order valence-corrected chi connectivity index (χ2v) is 4.95. The molecule has 0 spiro atoms. The maximum atomic E-state index is 12.8. The van der Waals surface area contributed by atoms with Crippen LogP contribution in [0.25, 0.3) is 0 Å². The van der Waals surface area contributed by atoms with Crippen molar-refractivity contribution in [2.45, 2.75) is 27.7 Å². The third-order valence-electron chi connectivity index (χ3n) is 3.26. The highest BCUT2D eigenvalue weighted by Crippen LogP contribution is 2.25. The van der Waals surface area contributed by atoms with Gasteiger partial charge in [0, 0.05) is 11.6 Å². The van der Waals surface area contributed by atoms with Gasteiger partial charge in [0.25, 0.3) is 0 Å². The van der Waals surface area contributed by atoms with Crippen molar-refractivity contribution in [2.75, 3.05) is 6.61 Å². The van der Waals surface area contributed by atoms with Crippen LogP contribution in [-0.4, -0.2) is 12.4 Å². The topological polar surface area (TPSA) is 26.3 Å². The van der Waals surface area contributed by atoms with E-state index >= 15 is 0 Å². The Hall–Kier alpha value is -2.09. The molecule has 0 heterocycles. The van der Waals surface area contributed by atoms with Crippen LogP contribution in [0.1, 0.15) is 39.5 Å². The first kappa shape index (κ1) is 14.3. The minimum atomic E-state index is 0.000278. The van der Waals surface area contributed by atoms with Crippen LogP contribution >= 0.6 is 0 Å². The van der Waals surface area contributed by atoms with Gasteiger partial charge in [-0.2, -0.15) is 0 Å². The highest BCUT2D eigenvalue weighted by molar-refractivity contribution is 6.12. The number of benzene rings is 2. The van der Waals surface area contributed by atoms with Crippen molar-refractivity contribution in [2.24, 2.45) is 0 Å². The van der Waals surface area contributed by atoms with Crippen molar-refractivity contribution in [3.63, 3.8) is 0 Å². The first-order valence-corrected chi connectivity index (χ1v) is 6.80. The predicted molar refractivity (Wildman–Crippen MR) is 80.5 cm³/mol. The number of ketones is 1. The second kappa shape index (κ2) is 5.91. The molecule has 0 atom stereocenters. The van der Waals surface area contributed by atoms with Gasteiger partial charge in [-0.15, -0.1) is 0 Å². The molecule has 20 heavy (non-hydrogen) atoms. The van der Waals surface area contributed by atoms with Crippen LogP contribution in [0, 0.1) is 26.8 Å². The van der Waals surface area contributed by atoms with E-state index in [0.29, 0.717) is 17.9 Å². The van der Waals surface area contributed by atoms with E-state index in [9.17, 15) is 4.79 Å². The average molecular weight is 267 g/mol. The van der Waals surface area contributed by atoms with Gasteiger partial charge >= 0.3 is 0 Å². The molecule has 0 aliphatic heterocycles. The van der Waals surface area contributed by atoms with Crippen LogP contribution in [0.5, 0.6) is 5.75 Å². The molecule has 0 aliphatic carbocycles. The fourth-order valence-corrected chi connectivity index (χ4v) is 2.54. The van der Waals surface area contributed by atoms with Crippen molar-refractivity contribution in [1.82, 2.24) is 0 Å². The summed E-state index contributed by atoms with van der Waals surface area (Å²) in [5, 5.41) is 0. The van der Waals surface area contributed by atoms with Crippen molar-refractivity contribution >= 4 is 5.78 Å². The highest BCUT2D eigenvalue weighted by Gasteiger charge is 2.18. The zero-order valence-electron chi connectivity index (χ0n) is 12.4. The monoisotopic (exact) mass is 267 g/mol. The lowest BCUT2D eigenvalue weighted by molar-refractivity contribution is 0.103. The maximum Gasteiger partial charge on any atom is 0.197 e. The third-order valence-corrected chi connectivity index (χ3v) is 3.26. The Bertz CT molecular complexity index is 619. The number of rotatable bonds is 4. The summed E-state index contributed by atoms with van der Waals surface area (Å²) >= 11 is 0. The normalized spacial score (nSPS) is 10.4. The van der Waals surface area contributed by atoms with Gasteiger partial charge in [-0.1, -0.05) is 29.8 Å². The summed E-state index contributed by atoms with van der Waals surface area (Å²) in [5.74, 6) is 0.527. The lowest BCUT2D eigenvalue weighted by Crippen LogP contribution is -2.09. The van der Waals surface area contributed by atoms with E-state index in [4.69, 9.17) is 4.74 Å². The molecule has 0 amide bonds. The van der Waals surface area contributed by atoms with Crippen LogP contribution in [0.15, 0.2) is 30.3 Å². The Labute approximate surface area is 120 Å². The van der Waals surface area contributed by atoms with Crippen LogP contribution in [0.4, 0.5) is 0 Å². The molecular formula is C18H19O2. The fraction of sp³-hybridized carbons (Fsp3) is 0.278. The number of ether oxygens (including phenoxy) is 1. The lowest BCUT2D eigenvalue weighted by atomic mass is 9.93. The summed E-state index contributed by atoms with van der Waals surface area (Å²) in [6.07, 6.45) is 0. The molecule has 2 nitrogen and oxygen atoms in total. The van der Waals surface area contributed by atoms with Crippen LogP contribution in [0.2, 0.25) is 0 Å². The maximum absolute atomic E-state index is 12.8. The second-order valence-electron chi connectivity index (χ2n) is 4.95. The summed E-state index contributed by atoms with van der Waals surface area (Å²) in [7, 11) is 0. The van der Waals surface area contributed by atoms with E-state index < -0.39 is 0 Å². The Morgan fingerprint density at radius 1 is 1.20 bits per heavy atom. The molecule has 2 rings (SSSR count). The van der Waals surface area contributed by atoms with E-state index in [0.717, 1.165) is 16.7 Å². The van der Waals surface area contributed by atoms with Crippen LogP contribution in [0.3, 0.4) is 0 Å². The molecule has 0 saturated carbocycles. The van der Waals surface area contributed by atoms with E-state index in [1.807, 2.05) is 45.9 Å². The minimum absolute atomic E-state index is 0.000278. The fourth-order valence-electron chi connectivity index (χ4n) is 2.54. The molecule has 0 aromatic heterocycles. The van der Waals surface area contributed by atoms with Crippen molar-refractivity contribution in [3.05, 3.63) is 64.2 Å². The largest absolute Gasteiger partial charge is 0.492 e. The van der Waals surface area contributed by atoms with Gasteiger partial charge in [0.15, 0.2) is 5.78 Å². The van der Waals surface area contributed by atoms with Crippen molar-refractivity contribution < 1.29 is 9.53 Å². The van der Waals surface area contributed by atoms with Crippen molar-refractivity contribution in [3.8, 4) is 5.75 Å². The number of carbonyl (C=O) groups is 1. The lowest BCUT2D eigenvalue weighted by Gasteiger charge is -2.13. The zero-order chi connectivity index (χ0) is 14.7. The molecule has 1 radical (unpaired) electrons. The molecular weight excluding hydrogens is 248 g/mol. The van der Waals surface area contributed by atoms with Gasteiger partial charge in [0.05, 0.1) is 12.2 Å². The minimum Gasteiger partial charge on any atom is -0.492 e. The molecule has 0 fully saturated rings. The molecule has 2 aromatic rings. The Balaban J connectivity index is 2.52. The van der Waals surface area contributed by atoms with Gasteiger partial charge in [-0.3, -0.25) is 4.79 Å². The molecule has 103 valence electrons. The zero-order valence-corrected chi connectivity index (χ0v) is 12.4. The Kier molecular flexibility index (Phi) is 4.23. The molecule has 0 saturated heterocycles. The molecule has 0 N–H and O–H groups in total. The first-order chi connectivity index (χ1) is 9.54. The molecule has 0 aliphatic rings. The summed E-state index contributed by atoms with van der Waals surface area (Å²) in [6, 6.07) is 12.4. The highest BCUT2D eigenvalue weighted by atomic mass is 16.5. The van der Waals surface area contributed by atoms with E-state index in [-0.39, 0.29) is 5.78 Å². The molecule has 2 heteroatoms. The SMILES string of the molecule is CCOc1[c]cccc1C(=O)c1c(C)cc(C)cc1C. The van der Waals surface area contributed by atoms with Gasteiger partial charge in [-0.05, 0) is 44.9 Å². The summed E-state index contributed by atoms with van der Waals surface area (Å²) in [5.41, 5.74) is 4.50. The summed E-state index contributed by atoms with van der Waals surface area (Å²) < 4.78 is 5.51. The Morgan fingerprint density at radius 3 is 2.45 bits per heavy atom. The number of hydrogen-bond acceptors (Lipinski definition) is 2. The van der Waals surface area contributed by atoms with Gasteiger partial charge < -0.3 is 4.74 Å². The quantitative estimate of drug-likeness (QED) is 0.781. The van der Waals surface area contributed by atoms with Gasteiger partial charge in [0.1, 0.15) is 5.75 Å². The average Bonchev–Trinajstić information content (AvgIpc) is 2.38. The summed E-state index contributed by atoms with van der Waals surface area (Å²) in [6.45, 7) is 8.40.